The maximum atomic E-state index is 12.3. The van der Waals surface area contributed by atoms with Crippen LogP contribution in [0.25, 0.3) is 0 Å². The van der Waals surface area contributed by atoms with Gasteiger partial charge >= 0.3 is 12.3 Å². The quantitative estimate of drug-likeness (QED) is 0.475. The van der Waals surface area contributed by atoms with Crippen molar-refractivity contribution in [3.05, 3.63) is 53.6 Å². The van der Waals surface area contributed by atoms with E-state index in [0.717, 1.165) is 17.4 Å². The molecule has 28 heavy (non-hydrogen) atoms. The fraction of sp³-hybridized carbons (Fsp3) is 0.0588. The van der Waals surface area contributed by atoms with E-state index >= 15 is 0 Å². The summed E-state index contributed by atoms with van der Waals surface area (Å²) in [5.74, 6) is -2.51. The van der Waals surface area contributed by atoms with E-state index in [4.69, 9.17) is 0 Å². The van der Waals surface area contributed by atoms with Gasteiger partial charge in [-0.05, 0) is 24.3 Å². The number of nitrogens with one attached hydrogen (secondary N) is 4. The van der Waals surface area contributed by atoms with E-state index in [0.29, 0.717) is 0 Å². The first-order valence-corrected chi connectivity index (χ1v) is 7.70. The molecular formula is C17H11F3N4O4. The molecule has 0 bridgehead atoms. The van der Waals surface area contributed by atoms with Crippen LogP contribution in [-0.4, -0.2) is 29.9 Å². The molecule has 4 N–H and O–H groups in total. The summed E-state index contributed by atoms with van der Waals surface area (Å²) in [7, 11) is 0. The lowest BCUT2D eigenvalue weighted by Crippen LogP contribution is -2.40. The molecule has 0 saturated carbocycles. The summed E-state index contributed by atoms with van der Waals surface area (Å²) in [6, 6.07) is 8.50. The number of amides is 4. The van der Waals surface area contributed by atoms with E-state index in [9.17, 15) is 32.3 Å². The molecular weight excluding hydrogens is 381 g/mol. The van der Waals surface area contributed by atoms with Gasteiger partial charge in [-0.15, -0.1) is 0 Å². The van der Waals surface area contributed by atoms with Gasteiger partial charge in [-0.25, -0.2) is 10.1 Å². The Balaban J connectivity index is 1.93. The normalized spacial score (nSPS) is 12.8. The van der Waals surface area contributed by atoms with Crippen LogP contribution in [0.3, 0.4) is 0 Å². The Hall–Kier alpha value is -3.89. The SMILES string of the molecule is O=C(Nc1cc(NC(=O)c2ccccc2)c2c(c1)C(=O)C(=O)N2)NC(F)(F)F. The van der Waals surface area contributed by atoms with Crippen molar-refractivity contribution in [2.45, 2.75) is 6.30 Å². The summed E-state index contributed by atoms with van der Waals surface area (Å²) < 4.78 is 36.7. The van der Waals surface area contributed by atoms with Gasteiger partial charge in [0, 0.05) is 11.3 Å². The van der Waals surface area contributed by atoms with Crippen molar-refractivity contribution in [1.82, 2.24) is 5.32 Å². The maximum absolute atomic E-state index is 12.3. The van der Waals surface area contributed by atoms with Crippen molar-refractivity contribution in [2.24, 2.45) is 0 Å². The third-order valence-corrected chi connectivity index (χ3v) is 3.63. The van der Waals surface area contributed by atoms with Gasteiger partial charge in [0.15, 0.2) is 0 Å². The van der Waals surface area contributed by atoms with Crippen molar-refractivity contribution in [1.29, 1.82) is 0 Å². The Morgan fingerprint density at radius 3 is 2.29 bits per heavy atom. The molecule has 4 amide bonds. The number of benzene rings is 2. The number of halogens is 3. The molecule has 0 radical (unpaired) electrons. The molecule has 0 saturated heterocycles. The van der Waals surface area contributed by atoms with Gasteiger partial charge in [0.2, 0.25) is 0 Å². The predicted molar refractivity (Wildman–Crippen MR) is 92.0 cm³/mol. The second-order valence-electron chi connectivity index (χ2n) is 5.63. The molecule has 3 rings (SSSR count). The maximum Gasteiger partial charge on any atom is 0.485 e. The number of rotatable bonds is 3. The summed E-state index contributed by atoms with van der Waals surface area (Å²) in [6.07, 6.45) is -4.96. The van der Waals surface area contributed by atoms with Gasteiger partial charge in [0.05, 0.1) is 16.9 Å². The zero-order valence-electron chi connectivity index (χ0n) is 13.8. The number of fused-ring (bicyclic) bond motifs is 1. The molecule has 0 fully saturated rings. The Labute approximate surface area is 155 Å². The highest BCUT2D eigenvalue weighted by Crippen LogP contribution is 2.35. The van der Waals surface area contributed by atoms with Crippen LogP contribution in [0.15, 0.2) is 42.5 Å². The van der Waals surface area contributed by atoms with E-state index in [2.05, 4.69) is 10.6 Å². The minimum atomic E-state index is -4.96. The van der Waals surface area contributed by atoms with Crippen LogP contribution in [0.2, 0.25) is 0 Å². The Kier molecular flexibility index (Phi) is 4.74. The lowest BCUT2D eigenvalue weighted by Gasteiger charge is -2.14. The van der Waals surface area contributed by atoms with Gasteiger partial charge in [-0.2, -0.15) is 13.2 Å². The minimum absolute atomic E-state index is 0.0129. The Morgan fingerprint density at radius 2 is 1.64 bits per heavy atom. The van der Waals surface area contributed by atoms with Crippen LogP contribution in [0.1, 0.15) is 20.7 Å². The topological polar surface area (TPSA) is 116 Å². The first kappa shape index (κ1) is 18.9. The number of urea groups is 1. The zero-order valence-corrected chi connectivity index (χ0v) is 13.8. The van der Waals surface area contributed by atoms with Gasteiger partial charge < -0.3 is 16.0 Å². The number of anilines is 3. The molecule has 2 aromatic carbocycles. The number of hydrogen-bond acceptors (Lipinski definition) is 4. The number of ketones is 1. The van der Waals surface area contributed by atoms with E-state index in [1.165, 1.54) is 12.1 Å². The molecule has 0 atom stereocenters. The second kappa shape index (κ2) is 7.02. The van der Waals surface area contributed by atoms with Crippen molar-refractivity contribution >= 4 is 40.7 Å². The summed E-state index contributed by atoms with van der Waals surface area (Å²) in [6.45, 7) is 0. The third kappa shape index (κ3) is 4.09. The molecule has 1 aliphatic rings. The zero-order chi connectivity index (χ0) is 20.5. The molecule has 11 heteroatoms. The molecule has 144 valence electrons. The number of alkyl halides is 3. The molecule has 8 nitrogen and oxygen atoms in total. The Bertz CT molecular complexity index is 990. The lowest BCUT2D eigenvalue weighted by atomic mass is 10.1. The molecule has 1 aliphatic heterocycles. The van der Waals surface area contributed by atoms with Gasteiger partial charge in [-0.3, -0.25) is 14.4 Å². The predicted octanol–water partition coefficient (Wildman–Crippen LogP) is 2.71. The van der Waals surface area contributed by atoms with E-state index in [-0.39, 0.29) is 28.2 Å². The smallest absolute Gasteiger partial charge is 0.320 e. The molecule has 0 unspecified atom stereocenters. The van der Waals surface area contributed by atoms with Gasteiger partial charge in [0.25, 0.3) is 17.6 Å². The lowest BCUT2D eigenvalue weighted by molar-refractivity contribution is -0.144. The van der Waals surface area contributed by atoms with Crippen molar-refractivity contribution in [3.63, 3.8) is 0 Å². The molecule has 0 spiro atoms. The van der Waals surface area contributed by atoms with Crippen LogP contribution < -0.4 is 21.3 Å². The molecule has 2 aromatic rings. The third-order valence-electron chi connectivity index (χ3n) is 3.63. The highest BCUT2D eigenvalue weighted by atomic mass is 19.4. The highest BCUT2D eigenvalue weighted by molar-refractivity contribution is 6.52. The van der Waals surface area contributed by atoms with Crippen LogP contribution in [0.4, 0.5) is 35.0 Å². The average molecular weight is 392 g/mol. The van der Waals surface area contributed by atoms with E-state index in [1.54, 1.807) is 18.2 Å². The summed E-state index contributed by atoms with van der Waals surface area (Å²) >= 11 is 0. The summed E-state index contributed by atoms with van der Waals surface area (Å²) in [4.78, 5) is 47.3. The van der Waals surface area contributed by atoms with Crippen LogP contribution in [0.5, 0.6) is 0 Å². The fourth-order valence-electron chi connectivity index (χ4n) is 2.49. The number of carbonyl (C=O) groups excluding carboxylic acids is 4. The standard InChI is InChI=1S/C17H11F3N4O4/c18-17(19,20)24-16(28)21-9-6-10-12(23-15(27)13(10)25)11(7-9)22-14(26)8-4-2-1-3-5-8/h1-7H,(H,22,26)(H2,21,24,28)(H,23,25,27). The van der Waals surface area contributed by atoms with E-state index in [1.807, 2.05) is 5.32 Å². The van der Waals surface area contributed by atoms with Crippen molar-refractivity contribution < 1.29 is 32.3 Å². The van der Waals surface area contributed by atoms with Gasteiger partial charge in [0.1, 0.15) is 0 Å². The first-order chi connectivity index (χ1) is 13.1. The Morgan fingerprint density at radius 1 is 0.964 bits per heavy atom. The van der Waals surface area contributed by atoms with Crippen molar-refractivity contribution in [2.75, 3.05) is 16.0 Å². The summed E-state index contributed by atoms with van der Waals surface area (Å²) in [5.41, 5.74) is -0.235. The van der Waals surface area contributed by atoms with Gasteiger partial charge in [-0.1, -0.05) is 18.2 Å². The van der Waals surface area contributed by atoms with E-state index < -0.39 is 29.9 Å². The van der Waals surface area contributed by atoms with Crippen molar-refractivity contribution in [3.8, 4) is 0 Å². The molecule has 1 heterocycles. The monoisotopic (exact) mass is 392 g/mol. The number of carbonyl (C=O) groups is 4. The first-order valence-electron chi connectivity index (χ1n) is 7.70. The second-order valence-corrected chi connectivity index (χ2v) is 5.63. The largest absolute Gasteiger partial charge is 0.485 e. The fourth-order valence-corrected chi connectivity index (χ4v) is 2.49. The van der Waals surface area contributed by atoms with Crippen LogP contribution >= 0.6 is 0 Å². The molecule has 0 aromatic heterocycles. The highest BCUT2D eigenvalue weighted by Gasteiger charge is 2.33. The number of Topliss-reactive ketones (excluding diaryl/α,β-unsaturated/α-hetero) is 1. The van der Waals surface area contributed by atoms with Crippen LogP contribution in [-0.2, 0) is 4.79 Å². The molecule has 0 aliphatic carbocycles. The minimum Gasteiger partial charge on any atom is -0.320 e. The van der Waals surface area contributed by atoms with Crippen LogP contribution in [0, 0.1) is 0 Å². The summed E-state index contributed by atoms with van der Waals surface area (Å²) in [5, 5.41) is 7.38. The average Bonchev–Trinajstić information content (AvgIpc) is 2.89. The number of hydrogen-bond donors (Lipinski definition) is 4.